The SMILES string of the molecule is CN(C(=O)OC[C@H]1CC[C@H](COCC(=O)O)CC1)C(c1ccccc1)c1ccccc1. The topological polar surface area (TPSA) is 76.1 Å². The van der Waals surface area contributed by atoms with E-state index < -0.39 is 5.97 Å². The number of amides is 1. The van der Waals surface area contributed by atoms with E-state index in [1.807, 2.05) is 60.7 Å². The highest BCUT2D eigenvalue weighted by atomic mass is 16.6. The van der Waals surface area contributed by atoms with E-state index in [2.05, 4.69) is 0 Å². The Morgan fingerprint density at radius 3 is 1.87 bits per heavy atom. The largest absolute Gasteiger partial charge is 0.480 e. The molecule has 0 aromatic heterocycles. The van der Waals surface area contributed by atoms with Crippen LogP contribution >= 0.6 is 0 Å². The number of rotatable bonds is 9. The first-order chi connectivity index (χ1) is 15.0. The number of carboxylic acids is 1. The highest BCUT2D eigenvalue weighted by Gasteiger charge is 2.27. The van der Waals surface area contributed by atoms with E-state index in [-0.39, 0.29) is 18.7 Å². The van der Waals surface area contributed by atoms with Gasteiger partial charge in [0.2, 0.25) is 0 Å². The maximum Gasteiger partial charge on any atom is 0.410 e. The third kappa shape index (κ3) is 6.82. The Labute approximate surface area is 183 Å². The van der Waals surface area contributed by atoms with Crippen LogP contribution in [0.5, 0.6) is 0 Å². The number of carbonyl (C=O) groups is 2. The molecule has 3 rings (SSSR count). The number of aliphatic carboxylic acids is 1. The molecule has 1 saturated carbocycles. The van der Waals surface area contributed by atoms with E-state index in [9.17, 15) is 9.59 Å². The molecule has 1 aliphatic rings. The van der Waals surface area contributed by atoms with Crippen LogP contribution in [-0.2, 0) is 14.3 Å². The average molecular weight is 426 g/mol. The predicted octanol–water partition coefficient (Wildman–Crippen LogP) is 4.75. The third-order valence-corrected chi connectivity index (χ3v) is 5.89. The van der Waals surface area contributed by atoms with Crippen molar-refractivity contribution in [1.82, 2.24) is 4.90 Å². The fourth-order valence-electron chi connectivity index (χ4n) is 4.18. The van der Waals surface area contributed by atoms with Crippen molar-refractivity contribution in [3.05, 3.63) is 71.8 Å². The standard InChI is InChI=1S/C25H31NO5/c1-26(24(21-8-4-2-5-9-21)22-10-6-3-7-11-22)25(29)31-17-20-14-12-19(13-15-20)16-30-18-23(27)28/h2-11,19-20,24H,12-18H2,1H3,(H,27,28)/t19-,20-. The molecule has 1 aliphatic carbocycles. The van der Waals surface area contributed by atoms with Crippen LogP contribution in [-0.4, -0.2) is 48.9 Å². The molecule has 0 bridgehead atoms. The Kier molecular flexibility index (Phi) is 8.47. The van der Waals surface area contributed by atoms with Gasteiger partial charge < -0.3 is 19.5 Å². The lowest BCUT2D eigenvalue weighted by Gasteiger charge is -2.31. The van der Waals surface area contributed by atoms with Gasteiger partial charge in [-0.05, 0) is 48.6 Å². The van der Waals surface area contributed by atoms with Crippen molar-refractivity contribution >= 4 is 12.1 Å². The molecule has 1 fully saturated rings. The lowest BCUT2D eigenvalue weighted by atomic mass is 9.83. The monoisotopic (exact) mass is 425 g/mol. The van der Waals surface area contributed by atoms with Crippen molar-refractivity contribution in [1.29, 1.82) is 0 Å². The molecular weight excluding hydrogens is 394 g/mol. The van der Waals surface area contributed by atoms with E-state index in [1.54, 1.807) is 11.9 Å². The molecule has 166 valence electrons. The van der Waals surface area contributed by atoms with E-state index in [4.69, 9.17) is 14.6 Å². The second-order valence-corrected chi connectivity index (χ2v) is 8.21. The summed E-state index contributed by atoms with van der Waals surface area (Å²) in [6.07, 6.45) is 3.52. The number of hydrogen-bond donors (Lipinski definition) is 1. The molecule has 6 nitrogen and oxygen atoms in total. The number of benzene rings is 2. The van der Waals surface area contributed by atoms with Crippen molar-refractivity contribution in [2.75, 3.05) is 26.9 Å². The van der Waals surface area contributed by atoms with Crippen LogP contribution in [0.15, 0.2) is 60.7 Å². The minimum absolute atomic E-state index is 0.211. The molecule has 1 amide bonds. The molecule has 6 heteroatoms. The molecule has 0 radical (unpaired) electrons. The van der Waals surface area contributed by atoms with E-state index >= 15 is 0 Å². The molecule has 0 heterocycles. The van der Waals surface area contributed by atoms with Gasteiger partial charge in [-0.25, -0.2) is 9.59 Å². The number of ether oxygens (including phenoxy) is 2. The zero-order chi connectivity index (χ0) is 22.1. The Hall–Kier alpha value is -2.86. The van der Waals surface area contributed by atoms with E-state index in [0.29, 0.717) is 25.0 Å². The predicted molar refractivity (Wildman–Crippen MR) is 118 cm³/mol. The summed E-state index contributed by atoms with van der Waals surface area (Å²) in [6, 6.07) is 19.7. The van der Waals surface area contributed by atoms with Gasteiger partial charge in [0.25, 0.3) is 0 Å². The van der Waals surface area contributed by atoms with Gasteiger partial charge in [-0.3, -0.25) is 0 Å². The van der Waals surface area contributed by atoms with Crippen LogP contribution in [0.3, 0.4) is 0 Å². The summed E-state index contributed by atoms with van der Waals surface area (Å²) in [6.45, 7) is 0.646. The van der Waals surface area contributed by atoms with Crippen molar-refractivity contribution in [3.8, 4) is 0 Å². The first kappa shape index (κ1) is 22.8. The average Bonchev–Trinajstić information content (AvgIpc) is 2.79. The number of carboxylic acid groups (broad SMARTS) is 1. The second-order valence-electron chi connectivity index (χ2n) is 8.21. The fraction of sp³-hybridized carbons (Fsp3) is 0.440. The van der Waals surface area contributed by atoms with Crippen LogP contribution < -0.4 is 0 Å². The molecule has 2 aromatic carbocycles. The van der Waals surface area contributed by atoms with Gasteiger partial charge >= 0.3 is 12.1 Å². The molecule has 0 spiro atoms. The van der Waals surface area contributed by atoms with Gasteiger partial charge in [0.15, 0.2) is 0 Å². The summed E-state index contributed by atoms with van der Waals surface area (Å²) in [5.41, 5.74) is 2.07. The van der Waals surface area contributed by atoms with Crippen molar-refractivity contribution in [2.24, 2.45) is 11.8 Å². The van der Waals surface area contributed by atoms with Gasteiger partial charge in [0, 0.05) is 7.05 Å². The normalized spacial score (nSPS) is 18.5. The smallest absolute Gasteiger partial charge is 0.410 e. The van der Waals surface area contributed by atoms with Crippen molar-refractivity contribution in [2.45, 2.75) is 31.7 Å². The van der Waals surface area contributed by atoms with E-state index in [1.165, 1.54) is 0 Å². The zero-order valence-corrected chi connectivity index (χ0v) is 18.0. The minimum atomic E-state index is -0.936. The Morgan fingerprint density at radius 1 is 0.903 bits per heavy atom. The highest BCUT2D eigenvalue weighted by Crippen LogP contribution is 2.31. The number of hydrogen-bond acceptors (Lipinski definition) is 4. The number of carbonyl (C=O) groups excluding carboxylic acids is 1. The Bertz CT molecular complexity index is 779. The number of nitrogens with zero attached hydrogens (tertiary/aromatic N) is 1. The molecule has 0 saturated heterocycles. The fourth-order valence-corrected chi connectivity index (χ4v) is 4.18. The summed E-state index contributed by atoms with van der Waals surface area (Å²) in [5, 5.41) is 8.66. The van der Waals surface area contributed by atoms with E-state index in [0.717, 1.165) is 36.8 Å². The van der Waals surface area contributed by atoms with Crippen LogP contribution in [0.4, 0.5) is 4.79 Å². The molecule has 0 unspecified atom stereocenters. The summed E-state index contributed by atoms with van der Waals surface area (Å²) >= 11 is 0. The van der Waals surface area contributed by atoms with Gasteiger partial charge in [-0.15, -0.1) is 0 Å². The minimum Gasteiger partial charge on any atom is -0.480 e. The van der Waals surface area contributed by atoms with Gasteiger partial charge in [0.1, 0.15) is 6.61 Å². The summed E-state index contributed by atoms with van der Waals surface area (Å²) in [7, 11) is 1.78. The van der Waals surface area contributed by atoms with Crippen molar-refractivity contribution in [3.63, 3.8) is 0 Å². The second kappa shape index (κ2) is 11.5. The van der Waals surface area contributed by atoms with Crippen molar-refractivity contribution < 1.29 is 24.2 Å². The molecular formula is C25H31NO5. The van der Waals surface area contributed by atoms with Gasteiger partial charge in [0.05, 0.1) is 19.3 Å². The first-order valence-electron chi connectivity index (χ1n) is 10.8. The lowest BCUT2D eigenvalue weighted by Crippen LogP contribution is -2.34. The lowest BCUT2D eigenvalue weighted by molar-refractivity contribution is -0.142. The Balaban J connectivity index is 1.52. The molecule has 1 N–H and O–H groups in total. The van der Waals surface area contributed by atoms with Crippen LogP contribution in [0.2, 0.25) is 0 Å². The maximum absolute atomic E-state index is 12.9. The first-order valence-corrected chi connectivity index (χ1v) is 10.8. The summed E-state index contributed by atoms with van der Waals surface area (Å²) in [4.78, 5) is 25.1. The quantitative estimate of drug-likeness (QED) is 0.627. The summed E-state index contributed by atoms with van der Waals surface area (Å²) < 4.78 is 10.9. The maximum atomic E-state index is 12.9. The van der Waals surface area contributed by atoms with Gasteiger partial charge in [-0.1, -0.05) is 60.7 Å². The highest BCUT2D eigenvalue weighted by molar-refractivity contribution is 5.69. The van der Waals surface area contributed by atoms with Crippen LogP contribution in [0.25, 0.3) is 0 Å². The molecule has 2 aromatic rings. The molecule has 0 atom stereocenters. The Morgan fingerprint density at radius 2 is 1.39 bits per heavy atom. The van der Waals surface area contributed by atoms with Gasteiger partial charge in [-0.2, -0.15) is 0 Å². The molecule has 31 heavy (non-hydrogen) atoms. The third-order valence-electron chi connectivity index (χ3n) is 5.89. The summed E-state index contributed by atoms with van der Waals surface area (Å²) in [5.74, 6) is -0.219. The zero-order valence-electron chi connectivity index (χ0n) is 18.0. The molecule has 0 aliphatic heterocycles. The van der Waals surface area contributed by atoms with Crippen LogP contribution in [0, 0.1) is 11.8 Å². The van der Waals surface area contributed by atoms with Crippen LogP contribution in [0.1, 0.15) is 42.9 Å².